The van der Waals surface area contributed by atoms with E-state index < -0.39 is 0 Å². The van der Waals surface area contributed by atoms with Crippen LogP contribution in [0.4, 0.5) is 0 Å². The van der Waals surface area contributed by atoms with E-state index >= 15 is 0 Å². The predicted molar refractivity (Wildman–Crippen MR) is 76.6 cm³/mol. The summed E-state index contributed by atoms with van der Waals surface area (Å²) in [5, 5.41) is 9.96. The van der Waals surface area contributed by atoms with Crippen molar-refractivity contribution in [2.75, 3.05) is 46.1 Å². The summed E-state index contributed by atoms with van der Waals surface area (Å²) in [7, 11) is 0. The van der Waals surface area contributed by atoms with Crippen LogP contribution in [-0.4, -0.2) is 68.5 Å². The van der Waals surface area contributed by atoms with Crippen molar-refractivity contribution < 1.29 is 19.3 Å². The van der Waals surface area contributed by atoms with Crippen molar-refractivity contribution in [1.29, 1.82) is 0 Å². The van der Waals surface area contributed by atoms with Crippen LogP contribution in [0.25, 0.3) is 0 Å². The van der Waals surface area contributed by atoms with Crippen LogP contribution in [0.5, 0.6) is 0 Å². The third-order valence-electron chi connectivity index (χ3n) is 4.09. The second-order valence-corrected chi connectivity index (χ2v) is 5.83. The largest absolute Gasteiger partial charge is 0.389 e. The number of aliphatic hydroxyl groups excluding tert-OH is 1. The van der Waals surface area contributed by atoms with Gasteiger partial charge in [-0.1, -0.05) is 13.3 Å². The summed E-state index contributed by atoms with van der Waals surface area (Å²) in [4.78, 5) is 2.32. The molecule has 0 aliphatic carbocycles. The Balaban J connectivity index is 1.56. The first-order valence-corrected chi connectivity index (χ1v) is 8.01. The zero-order valence-electron chi connectivity index (χ0n) is 12.6. The number of ether oxygens (including phenoxy) is 3. The molecule has 2 saturated heterocycles. The molecule has 5 nitrogen and oxygen atoms in total. The van der Waals surface area contributed by atoms with Crippen LogP contribution in [-0.2, 0) is 14.2 Å². The molecule has 2 fully saturated rings. The van der Waals surface area contributed by atoms with Gasteiger partial charge < -0.3 is 24.2 Å². The van der Waals surface area contributed by atoms with Gasteiger partial charge in [-0.05, 0) is 32.4 Å². The number of unbranched alkanes of at least 4 members (excludes halogenated alkanes) is 1. The molecule has 0 spiro atoms. The second-order valence-electron chi connectivity index (χ2n) is 5.83. The van der Waals surface area contributed by atoms with Gasteiger partial charge in [0.1, 0.15) is 0 Å². The Morgan fingerprint density at radius 3 is 2.60 bits per heavy atom. The maximum absolute atomic E-state index is 9.96. The smallest absolute Gasteiger partial charge is 0.160 e. The molecule has 2 heterocycles. The van der Waals surface area contributed by atoms with Gasteiger partial charge in [0.05, 0.1) is 25.9 Å². The molecule has 0 amide bonds. The highest BCUT2D eigenvalue weighted by atomic mass is 16.7. The van der Waals surface area contributed by atoms with Gasteiger partial charge in [-0.15, -0.1) is 0 Å². The van der Waals surface area contributed by atoms with Crippen LogP contribution in [0.3, 0.4) is 0 Å². The Morgan fingerprint density at radius 1 is 1.25 bits per heavy atom. The first-order valence-electron chi connectivity index (χ1n) is 8.01. The number of nitrogens with zero attached hydrogens (tertiary/aromatic N) is 1. The molecule has 5 heteroatoms. The van der Waals surface area contributed by atoms with Gasteiger partial charge in [0, 0.05) is 19.1 Å². The lowest BCUT2D eigenvalue weighted by Crippen LogP contribution is -2.42. The molecular formula is C15H29NO4. The Hall–Kier alpha value is -0.200. The normalized spacial score (nSPS) is 24.3. The summed E-state index contributed by atoms with van der Waals surface area (Å²) in [6.07, 6.45) is 4.03. The molecule has 118 valence electrons. The molecule has 0 aromatic rings. The predicted octanol–water partition coefficient (Wildman–Crippen LogP) is 1.25. The van der Waals surface area contributed by atoms with Gasteiger partial charge in [-0.2, -0.15) is 0 Å². The molecular weight excluding hydrogens is 258 g/mol. The van der Waals surface area contributed by atoms with Crippen molar-refractivity contribution in [2.24, 2.45) is 5.92 Å². The van der Waals surface area contributed by atoms with Crippen molar-refractivity contribution >= 4 is 0 Å². The molecule has 0 radical (unpaired) electrons. The van der Waals surface area contributed by atoms with Crippen LogP contribution < -0.4 is 0 Å². The molecule has 20 heavy (non-hydrogen) atoms. The number of likely N-dealkylation sites (tertiary alicyclic amines) is 1. The Bertz CT molecular complexity index is 250. The van der Waals surface area contributed by atoms with Gasteiger partial charge >= 0.3 is 0 Å². The van der Waals surface area contributed by atoms with Gasteiger partial charge in [0.25, 0.3) is 0 Å². The third kappa shape index (κ3) is 5.30. The summed E-state index contributed by atoms with van der Waals surface area (Å²) >= 11 is 0. The quantitative estimate of drug-likeness (QED) is 0.681. The first kappa shape index (κ1) is 16.2. The summed E-state index contributed by atoms with van der Waals surface area (Å²) in [5.74, 6) is 0.520. The molecule has 1 unspecified atom stereocenters. The highest BCUT2D eigenvalue weighted by Gasteiger charge is 2.30. The highest BCUT2D eigenvalue weighted by Crippen LogP contribution is 2.25. The number of rotatable bonds is 8. The second kappa shape index (κ2) is 8.95. The molecule has 2 aliphatic rings. The van der Waals surface area contributed by atoms with Crippen molar-refractivity contribution in [3.05, 3.63) is 0 Å². The van der Waals surface area contributed by atoms with Gasteiger partial charge in [-0.3, -0.25) is 0 Å². The van der Waals surface area contributed by atoms with Crippen molar-refractivity contribution in [1.82, 2.24) is 4.90 Å². The van der Waals surface area contributed by atoms with Crippen LogP contribution in [0, 0.1) is 5.92 Å². The maximum atomic E-state index is 9.96. The molecule has 2 aliphatic heterocycles. The van der Waals surface area contributed by atoms with Crippen molar-refractivity contribution in [2.45, 2.75) is 45.0 Å². The number of hydrogen-bond donors (Lipinski definition) is 1. The average Bonchev–Trinajstić information content (AvgIpc) is 2.99. The fraction of sp³-hybridized carbons (Fsp3) is 1.00. The van der Waals surface area contributed by atoms with Gasteiger partial charge in [-0.25, -0.2) is 0 Å². The van der Waals surface area contributed by atoms with Crippen LogP contribution >= 0.6 is 0 Å². The van der Waals surface area contributed by atoms with E-state index in [1.165, 1.54) is 0 Å². The van der Waals surface area contributed by atoms with Crippen LogP contribution in [0.1, 0.15) is 32.6 Å². The Kier molecular flexibility index (Phi) is 7.24. The van der Waals surface area contributed by atoms with Gasteiger partial charge in [0.2, 0.25) is 0 Å². The summed E-state index contributed by atoms with van der Waals surface area (Å²) in [6.45, 7) is 7.56. The standard InChI is InChI=1S/C15H29NO4/c1-2-3-8-18-12-14(17)11-16-6-4-13(5-7-16)15-19-9-10-20-15/h13-15,17H,2-12H2,1H3. The lowest BCUT2D eigenvalue weighted by molar-refractivity contribution is -0.0994. The van der Waals surface area contributed by atoms with E-state index in [1.54, 1.807) is 0 Å². The van der Waals surface area contributed by atoms with E-state index in [-0.39, 0.29) is 12.4 Å². The lowest BCUT2D eigenvalue weighted by Gasteiger charge is -2.34. The van der Waals surface area contributed by atoms with Crippen molar-refractivity contribution in [3.8, 4) is 0 Å². The zero-order valence-corrected chi connectivity index (χ0v) is 12.6. The molecule has 1 atom stereocenters. The molecule has 0 bridgehead atoms. The number of piperidine rings is 1. The highest BCUT2D eigenvalue weighted by molar-refractivity contribution is 4.77. The Labute approximate surface area is 122 Å². The summed E-state index contributed by atoms with van der Waals surface area (Å²) in [5.41, 5.74) is 0. The van der Waals surface area contributed by atoms with E-state index in [9.17, 15) is 5.11 Å². The van der Waals surface area contributed by atoms with E-state index in [2.05, 4.69) is 11.8 Å². The van der Waals surface area contributed by atoms with Crippen molar-refractivity contribution in [3.63, 3.8) is 0 Å². The SMILES string of the molecule is CCCCOCC(O)CN1CCC(C2OCCO2)CC1. The molecule has 1 N–H and O–H groups in total. The summed E-state index contributed by atoms with van der Waals surface area (Å²) in [6, 6.07) is 0. The summed E-state index contributed by atoms with van der Waals surface area (Å²) < 4.78 is 16.6. The van der Waals surface area contributed by atoms with E-state index in [1.807, 2.05) is 0 Å². The minimum atomic E-state index is -0.373. The fourth-order valence-electron chi connectivity index (χ4n) is 2.87. The Morgan fingerprint density at radius 2 is 1.95 bits per heavy atom. The number of aliphatic hydroxyl groups is 1. The van der Waals surface area contributed by atoms with Crippen LogP contribution in [0.15, 0.2) is 0 Å². The van der Waals surface area contributed by atoms with Crippen LogP contribution in [0.2, 0.25) is 0 Å². The van der Waals surface area contributed by atoms with E-state index in [0.29, 0.717) is 19.1 Å². The monoisotopic (exact) mass is 287 g/mol. The molecule has 0 saturated carbocycles. The molecule has 0 aromatic carbocycles. The van der Waals surface area contributed by atoms with E-state index in [0.717, 1.165) is 58.6 Å². The maximum Gasteiger partial charge on any atom is 0.160 e. The third-order valence-corrected chi connectivity index (χ3v) is 4.09. The lowest BCUT2D eigenvalue weighted by atomic mass is 9.96. The van der Waals surface area contributed by atoms with Gasteiger partial charge in [0.15, 0.2) is 6.29 Å². The number of hydrogen-bond acceptors (Lipinski definition) is 5. The minimum Gasteiger partial charge on any atom is -0.389 e. The van der Waals surface area contributed by atoms with E-state index in [4.69, 9.17) is 14.2 Å². The minimum absolute atomic E-state index is 0.0134. The average molecular weight is 287 g/mol. The first-order chi connectivity index (χ1) is 9.79. The topological polar surface area (TPSA) is 51.2 Å². The number of β-amino-alcohol motifs (C(OH)–C–C–N with tert-alkyl or cyclic N) is 1. The zero-order chi connectivity index (χ0) is 14.2. The molecule has 2 rings (SSSR count). The molecule has 0 aromatic heterocycles. The fourth-order valence-corrected chi connectivity index (χ4v) is 2.87.